The second-order valence-electron chi connectivity index (χ2n) is 5.94. The van der Waals surface area contributed by atoms with Crippen LogP contribution in [-0.4, -0.2) is 18.4 Å². The molecular weight excluding hydrogens is 304 g/mol. The van der Waals surface area contributed by atoms with Gasteiger partial charge in [0.05, 0.1) is 0 Å². The average molecular weight is 324 g/mol. The molecule has 0 saturated heterocycles. The molecule has 0 bridgehead atoms. The third-order valence-electron chi connectivity index (χ3n) is 3.84. The third-order valence-corrected chi connectivity index (χ3v) is 3.84. The molecule has 124 valence electrons. The van der Waals surface area contributed by atoms with Crippen LogP contribution in [0, 0.1) is 12.8 Å². The fourth-order valence-corrected chi connectivity index (χ4v) is 2.28. The molecule has 1 aliphatic rings. The van der Waals surface area contributed by atoms with Gasteiger partial charge in [-0.2, -0.15) is 0 Å². The SMILES string of the molecule is Cc1ccc(NC(=O)COc2ccccc2)cc1NC(=O)C1CC1. The maximum atomic E-state index is 12.0. The predicted molar refractivity (Wildman–Crippen MR) is 93.1 cm³/mol. The highest BCUT2D eigenvalue weighted by Gasteiger charge is 2.29. The molecule has 0 aliphatic heterocycles. The summed E-state index contributed by atoms with van der Waals surface area (Å²) in [6.45, 7) is 1.86. The van der Waals surface area contributed by atoms with E-state index in [1.165, 1.54) is 0 Å². The lowest BCUT2D eigenvalue weighted by Gasteiger charge is -2.12. The van der Waals surface area contributed by atoms with Gasteiger partial charge in [0.2, 0.25) is 5.91 Å². The van der Waals surface area contributed by atoms with Gasteiger partial charge in [0.1, 0.15) is 5.75 Å². The molecule has 2 aromatic carbocycles. The molecule has 2 amide bonds. The van der Waals surface area contributed by atoms with Gasteiger partial charge in [0, 0.05) is 17.3 Å². The normalized spacial score (nSPS) is 13.2. The van der Waals surface area contributed by atoms with Gasteiger partial charge in [0.25, 0.3) is 5.91 Å². The Morgan fingerprint density at radius 3 is 2.54 bits per heavy atom. The van der Waals surface area contributed by atoms with Gasteiger partial charge < -0.3 is 15.4 Å². The van der Waals surface area contributed by atoms with Crippen molar-refractivity contribution in [2.45, 2.75) is 19.8 Å². The maximum absolute atomic E-state index is 12.0. The van der Waals surface area contributed by atoms with Crippen molar-refractivity contribution in [3.05, 3.63) is 54.1 Å². The number of ether oxygens (including phenoxy) is 1. The Bertz CT molecular complexity index is 740. The van der Waals surface area contributed by atoms with Crippen LogP contribution in [0.3, 0.4) is 0 Å². The first-order chi connectivity index (χ1) is 11.6. The van der Waals surface area contributed by atoms with Gasteiger partial charge in [-0.15, -0.1) is 0 Å². The lowest BCUT2D eigenvalue weighted by molar-refractivity contribution is -0.118. The summed E-state index contributed by atoms with van der Waals surface area (Å²) in [6.07, 6.45) is 1.91. The van der Waals surface area contributed by atoms with Crippen LogP contribution in [0.1, 0.15) is 18.4 Å². The molecular formula is C19H20N2O3. The molecule has 1 saturated carbocycles. The van der Waals surface area contributed by atoms with E-state index in [9.17, 15) is 9.59 Å². The lowest BCUT2D eigenvalue weighted by Crippen LogP contribution is -2.20. The van der Waals surface area contributed by atoms with Crippen LogP contribution in [-0.2, 0) is 9.59 Å². The summed E-state index contributed by atoms with van der Waals surface area (Å²) in [5, 5.41) is 5.70. The number of benzene rings is 2. The zero-order valence-electron chi connectivity index (χ0n) is 13.5. The third kappa shape index (κ3) is 4.35. The summed E-state index contributed by atoms with van der Waals surface area (Å²) in [5.41, 5.74) is 2.32. The Morgan fingerprint density at radius 1 is 1.08 bits per heavy atom. The standard InChI is InChI=1S/C19H20N2O3/c1-13-7-10-15(11-17(13)21-19(23)14-8-9-14)20-18(22)12-24-16-5-3-2-4-6-16/h2-7,10-11,14H,8-9,12H2,1H3,(H,20,22)(H,21,23). The minimum absolute atomic E-state index is 0.0500. The van der Waals surface area contributed by atoms with Gasteiger partial charge in [0.15, 0.2) is 6.61 Å². The molecule has 0 unspecified atom stereocenters. The zero-order valence-corrected chi connectivity index (χ0v) is 13.5. The summed E-state index contributed by atoms with van der Waals surface area (Å²) in [4.78, 5) is 23.9. The van der Waals surface area contributed by atoms with Gasteiger partial charge in [-0.25, -0.2) is 0 Å². The number of carbonyl (C=O) groups excluding carboxylic acids is 2. The highest BCUT2D eigenvalue weighted by molar-refractivity contribution is 5.96. The van der Waals surface area contributed by atoms with Crippen molar-refractivity contribution >= 4 is 23.2 Å². The predicted octanol–water partition coefficient (Wildman–Crippen LogP) is 3.36. The number of hydrogen-bond donors (Lipinski definition) is 2. The van der Waals surface area contributed by atoms with Gasteiger partial charge in [-0.3, -0.25) is 9.59 Å². The lowest BCUT2D eigenvalue weighted by atomic mass is 10.1. The number of amides is 2. The van der Waals surface area contributed by atoms with E-state index in [-0.39, 0.29) is 24.3 Å². The number of rotatable bonds is 6. The fourth-order valence-electron chi connectivity index (χ4n) is 2.28. The number of para-hydroxylation sites is 1. The topological polar surface area (TPSA) is 67.4 Å². The minimum atomic E-state index is -0.248. The molecule has 24 heavy (non-hydrogen) atoms. The summed E-state index contributed by atoms with van der Waals surface area (Å²) >= 11 is 0. The maximum Gasteiger partial charge on any atom is 0.262 e. The monoisotopic (exact) mass is 324 g/mol. The first-order valence-corrected chi connectivity index (χ1v) is 8.01. The number of hydrogen-bond acceptors (Lipinski definition) is 3. The molecule has 5 nitrogen and oxygen atoms in total. The minimum Gasteiger partial charge on any atom is -0.484 e. The average Bonchev–Trinajstić information content (AvgIpc) is 3.42. The fraction of sp³-hybridized carbons (Fsp3) is 0.263. The van der Waals surface area contributed by atoms with Crippen LogP contribution in [0.2, 0.25) is 0 Å². The molecule has 2 aromatic rings. The van der Waals surface area contributed by atoms with Gasteiger partial charge in [-0.1, -0.05) is 24.3 Å². The highest BCUT2D eigenvalue weighted by Crippen LogP contribution is 2.31. The van der Waals surface area contributed by atoms with Crippen molar-refractivity contribution in [1.82, 2.24) is 0 Å². The first kappa shape index (κ1) is 16.1. The smallest absolute Gasteiger partial charge is 0.262 e. The van der Waals surface area contributed by atoms with Crippen molar-refractivity contribution in [2.75, 3.05) is 17.2 Å². The van der Waals surface area contributed by atoms with E-state index >= 15 is 0 Å². The second-order valence-corrected chi connectivity index (χ2v) is 5.94. The molecule has 3 rings (SSSR count). The zero-order chi connectivity index (χ0) is 16.9. The Kier molecular flexibility index (Phi) is 4.79. The molecule has 0 aromatic heterocycles. The van der Waals surface area contributed by atoms with Crippen LogP contribution in [0.15, 0.2) is 48.5 Å². The van der Waals surface area contributed by atoms with E-state index in [4.69, 9.17) is 4.74 Å². The molecule has 0 atom stereocenters. The van der Waals surface area contributed by atoms with Crippen molar-refractivity contribution in [3.8, 4) is 5.75 Å². The largest absolute Gasteiger partial charge is 0.484 e. The van der Waals surface area contributed by atoms with Crippen molar-refractivity contribution < 1.29 is 14.3 Å². The number of anilines is 2. The number of carbonyl (C=O) groups is 2. The Morgan fingerprint density at radius 2 is 1.83 bits per heavy atom. The van der Waals surface area contributed by atoms with E-state index in [0.717, 1.165) is 24.1 Å². The molecule has 0 radical (unpaired) electrons. The highest BCUT2D eigenvalue weighted by atomic mass is 16.5. The van der Waals surface area contributed by atoms with Crippen LogP contribution >= 0.6 is 0 Å². The molecule has 1 fully saturated rings. The van der Waals surface area contributed by atoms with Gasteiger partial charge >= 0.3 is 0 Å². The summed E-state index contributed by atoms with van der Waals surface area (Å²) in [6, 6.07) is 14.6. The number of aryl methyl sites for hydroxylation is 1. The van der Waals surface area contributed by atoms with Crippen LogP contribution in [0.4, 0.5) is 11.4 Å². The van der Waals surface area contributed by atoms with E-state index in [0.29, 0.717) is 11.4 Å². The molecule has 5 heteroatoms. The van der Waals surface area contributed by atoms with Crippen LogP contribution < -0.4 is 15.4 Å². The first-order valence-electron chi connectivity index (χ1n) is 8.01. The summed E-state index contributed by atoms with van der Waals surface area (Å²) in [5.74, 6) is 0.590. The summed E-state index contributed by atoms with van der Waals surface area (Å²) in [7, 11) is 0. The van der Waals surface area contributed by atoms with E-state index in [2.05, 4.69) is 10.6 Å². The Hall–Kier alpha value is -2.82. The van der Waals surface area contributed by atoms with E-state index < -0.39 is 0 Å². The number of nitrogens with one attached hydrogen (secondary N) is 2. The second kappa shape index (κ2) is 7.17. The van der Waals surface area contributed by atoms with Crippen LogP contribution in [0.25, 0.3) is 0 Å². The molecule has 0 spiro atoms. The van der Waals surface area contributed by atoms with E-state index in [1.807, 2.05) is 37.3 Å². The quantitative estimate of drug-likeness (QED) is 0.856. The van der Waals surface area contributed by atoms with E-state index in [1.54, 1.807) is 18.2 Å². The van der Waals surface area contributed by atoms with Crippen LogP contribution in [0.5, 0.6) is 5.75 Å². The Labute approximate surface area is 141 Å². The van der Waals surface area contributed by atoms with Crippen molar-refractivity contribution in [2.24, 2.45) is 5.92 Å². The molecule has 0 heterocycles. The molecule has 1 aliphatic carbocycles. The molecule has 2 N–H and O–H groups in total. The van der Waals surface area contributed by atoms with Crippen molar-refractivity contribution in [1.29, 1.82) is 0 Å². The Balaban J connectivity index is 1.57. The van der Waals surface area contributed by atoms with Crippen molar-refractivity contribution in [3.63, 3.8) is 0 Å². The summed E-state index contributed by atoms with van der Waals surface area (Å²) < 4.78 is 5.42. The van der Waals surface area contributed by atoms with Gasteiger partial charge in [-0.05, 0) is 49.6 Å².